The van der Waals surface area contributed by atoms with Gasteiger partial charge in [0.1, 0.15) is 5.60 Å². The maximum absolute atomic E-state index is 12.4. The maximum atomic E-state index is 12.4. The Bertz CT molecular complexity index is 604. The zero-order valence-corrected chi connectivity index (χ0v) is 16.3. The number of fused-ring (bicyclic) bond motifs is 1. The van der Waals surface area contributed by atoms with Crippen molar-refractivity contribution >= 4 is 17.5 Å². The van der Waals surface area contributed by atoms with Gasteiger partial charge in [-0.15, -0.1) is 0 Å². The number of nitrogens with two attached hydrogens (primary N) is 1. The Morgan fingerprint density at radius 3 is 2.56 bits per heavy atom. The van der Waals surface area contributed by atoms with Crippen molar-refractivity contribution in [2.75, 3.05) is 24.1 Å². The van der Waals surface area contributed by atoms with E-state index < -0.39 is 5.60 Å². The van der Waals surface area contributed by atoms with Crippen LogP contribution in [0.2, 0.25) is 0 Å². The number of nitrogens with one attached hydrogen (secondary N) is 1. The van der Waals surface area contributed by atoms with E-state index in [1.54, 1.807) is 4.90 Å². The first-order valence-electron chi connectivity index (χ1n) is 9.37. The summed E-state index contributed by atoms with van der Waals surface area (Å²) in [5.41, 5.74) is 9.91. The molecule has 1 aromatic rings. The fourth-order valence-electron chi connectivity index (χ4n) is 3.18. The number of benzene rings is 1. The molecule has 0 atom stereocenters. The molecule has 0 spiro atoms. The highest BCUT2D eigenvalue weighted by Crippen LogP contribution is 2.31. The van der Waals surface area contributed by atoms with Gasteiger partial charge in [-0.25, -0.2) is 4.79 Å². The zero-order chi connectivity index (χ0) is 18.6. The Morgan fingerprint density at radius 1 is 1.28 bits per heavy atom. The van der Waals surface area contributed by atoms with Crippen LogP contribution in [0.3, 0.4) is 0 Å². The van der Waals surface area contributed by atoms with Gasteiger partial charge < -0.3 is 20.7 Å². The van der Waals surface area contributed by atoms with E-state index in [1.165, 1.54) is 18.4 Å². The van der Waals surface area contributed by atoms with Crippen molar-refractivity contribution in [3.8, 4) is 0 Å². The van der Waals surface area contributed by atoms with Gasteiger partial charge >= 0.3 is 6.09 Å². The van der Waals surface area contributed by atoms with E-state index in [0.29, 0.717) is 19.0 Å². The Balaban J connectivity index is 2.14. The molecule has 1 aliphatic heterocycles. The van der Waals surface area contributed by atoms with E-state index in [1.807, 2.05) is 26.8 Å². The van der Waals surface area contributed by atoms with Crippen LogP contribution in [0.5, 0.6) is 0 Å². The smallest absolute Gasteiger partial charge is 0.410 e. The third kappa shape index (κ3) is 5.03. The van der Waals surface area contributed by atoms with E-state index >= 15 is 0 Å². The van der Waals surface area contributed by atoms with Crippen LogP contribution >= 0.6 is 0 Å². The molecule has 3 N–H and O–H groups in total. The van der Waals surface area contributed by atoms with Crippen LogP contribution in [0.1, 0.15) is 58.6 Å². The highest BCUT2D eigenvalue weighted by atomic mass is 16.6. The van der Waals surface area contributed by atoms with E-state index in [0.717, 1.165) is 29.9 Å². The number of carbonyl (C=O) groups is 1. The molecule has 5 nitrogen and oxygen atoms in total. The number of nitrogen functional groups attached to an aromatic ring is 1. The average molecular weight is 348 g/mol. The van der Waals surface area contributed by atoms with Crippen LogP contribution < -0.4 is 11.1 Å². The topological polar surface area (TPSA) is 67.6 Å². The highest BCUT2D eigenvalue weighted by Gasteiger charge is 2.28. The molecule has 1 aliphatic rings. The molecule has 1 heterocycles. The molecule has 5 heteroatoms. The van der Waals surface area contributed by atoms with Crippen LogP contribution in [-0.2, 0) is 17.7 Å². The summed E-state index contributed by atoms with van der Waals surface area (Å²) in [6.45, 7) is 12.3. The minimum absolute atomic E-state index is 0.270. The summed E-state index contributed by atoms with van der Waals surface area (Å²) in [6, 6.07) is 4.01. The predicted octanol–water partition coefficient (Wildman–Crippen LogP) is 4.41. The molecule has 1 aromatic carbocycles. The summed E-state index contributed by atoms with van der Waals surface area (Å²) in [4.78, 5) is 14.1. The van der Waals surface area contributed by atoms with Crippen molar-refractivity contribution in [2.45, 2.75) is 66.0 Å². The number of rotatable bonds is 5. The molecule has 0 aliphatic carbocycles. The summed E-state index contributed by atoms with van der Waals surface area (Å²) in [5.74, 6) is 0.676. The standard InChI is InChI=1S/C20H33N3O2/c1-6-14(7-2)12-22-18-9-8-17(21)16-13-23(11-10-15(16)18)19(24)25-20(3,4)5/h8-9,14,22H,6-7,10-13,21H2,1-5H3. The number of anilines is 2. The number of hydrogen-bond acceptors (Lipinski definition) is 4. The lowest BCUT2D eigenvalue weighted by molar-refractivity contribution is 0.0224. The monoisotopic (exact) mass is 347 g/mol. The molecule has 2 rings (SSSR count). The lowest BCUT2D eigenvalue weighted by atomic mass is 9.95. The van der Waals surface area contributed by atoms with Crippen molar-refractivity contribution in [1.82, 2.24) is 4.90 Å². The molecule has 0 fully saturated rings. The first kappa shape index (κ1) is 19.4. The van der Waals surface area contributed by atoms with Gasteiger partial charge in [0.25, 0.3) is 0 Å². The minimum atomic E-state index is -0.484. The second-order valence-electron chi connectivity index (χ2n) is 7.87. The van der Waals surface area contributed by atoms with Crippen molar-refractivity contribution in [1.29, 1.82) is 0 Å². The summed E-state index contributed by atoms with van der Waals surface area (Å²) in [6.07, 6.45) is 2.87. The number of ether oxygens (including phenoxy) is 1. The second kappa shape index (κ2) is 7.98. The summed E-state index contributed by atoms with van der Waals surface area (Å²) in [5, 5.41) is 3.59. The normalized spacial score (nSPS) is 14.4. The first-order chi connectivity index (χ1) is 11.7. The molecule has 1 amide bonds. The number of carbonyl (C=O) groups excluding carboxylic acids is 1. The maximum Gasteiger partial charge on any atom is 0.410 e. The van der Waals surface area contributed by atoms with E-state index in [9.17, 15) is 4.79 Å². The van der Waals surface area contributed by atoms with Gasteiger partial charge in [-0.2, -0.15) is 0 Å². The summed E-state index contributed by atoms with van der Waals surface area (Å²) in [7, 11) is 0. The number of amides is 1. The van der Waals surface area contributed by atoms with Crippen LogP contribution in [-0.4, -0.2) is 29.7 Å². The van der Waals surface area contributed by atoms with E-state index in [-0.39, 0.29) is 6.09 Å². The number of hydrogen-bond donors (Lipinski definition) is 2. The van der Waals surface area contributed by atoms with Gasteiger partial charge in [-0.05, 0) is 56.4 Å². The van der Waals surface area contributed by atoms with E-state index in [4.69, 9.17) is 10.5 Å². The summed E-state index contributed by atoms with van der Waals surface area (Å²) < 4.78 is 5.50. The van der Waals surface area contributed by atoms with Gasteiger partial charge in [0.15, 0.2) is 0 Å². The Kier molecular flexibility index (Phi) is 6.20. The van der Waals surface area contributed by atoms with Crippen molar-refractivity contribution in [3.05, 3.63) is 23.3 Å². The molecule has 0 radical (unpaired) electrons. The first-order valence-corrected chi connectivity index (χ1v) is 9.37. The average Bonchev–Trinajstić information content (AvgIpc) is 2.55. The summed E-state index contributed by atoms with van der Waals surface area (Å²) >= 11 is 0. The van der Waals surface area contributed by atoms with Crippen LogP contribution in [0.4, 0.5) is 16.2 Å². The Hall–Kier alpha value is -1.91. The molecule has 0 saturated carbocycles. The molecule has 0 aromatic heterocycles. The molecule has 0 unspecified atom stereocenters. The van der Waals surface area contributed by atoms with Crippen molar-refractivity contribution in [3.63, 3.8) is 0 Å². The van der Waals surface area contributed by atoms with Crippen molar-refractivity contribution < 1.29 is 9.53 Å². The van der Waals surface area contributed by atoms with Crippen molar-refractivity contribution in [2.24, 2.45) is 5.92 Å². The SMILES string of the molecule is CCC(CC)CNc1ccc(N)c2c1CCN(C(=O)OC(C)(C)C)C2. The van der Waals surface area contributed by atoms with Gasteiger partial charge in [0, 0.05) is 24.5 Å². The molecule has 0 saturated heterocycles. The Labute approximate surface area is 151 Å². The van der Waals surface area contributed by atoms with Gasteiger partial charge in [-0.1, -0.05) is 26.7 Å². The molecular formula is C20H33N3O2. The quantitative estimate of drug-likeness (QED) is 0.774. The molecular weight excluding hydrogens is 314 g/mol. The molecule has 0 bridgehead atoms. The lowest BCUT2D eigenvalue weighted by Gasteiger charge is -2.33. The molecule has 25 heavy (non-hydrogen) atoms. The highest BCUT2D eigenvalue weighted by molar-refractivity contribution is 5.71. The van der Waals surface area contributed by atoms with Crippen LogP contribution in [0.15, 0.2) is 12.1 Å². The fourth-order valence-corrected chi connectivity index (χ4v) is 3.18. The molecule has 140 valence electrons. The fraction of sp³-hybridized carbons (Fsp3) is 0.650. The van der Waals surface area contributed by atoms with Crippen LogP contribution in [0, 0.1) is 5.92 Å². The third-order valence-electron chi connectivity index (χ3n) is 4.84. The van der Waals surface area contributed by atoms with E-state index in [2.05, 4.69) is 25.2 Å². The largest absolute Gasteiger partial charge is 0.444 e. The third-order valence-corrected chi connectivity index (χ3v) is 4.84. The lowest BCUT2D eigenvalue weighted by Crippen LogP contribution is -2.40. The van der Waals surface area contributed by atoms with Crippen LogP contribution in [0.25, 0.3) is 0 Å². The van der Waals surface area contributed by atoms with Gasteiger partial charge in [-0.3, -0.25) is 0 Å². The predicted molar refractivity (Wildman–Crippen MR) is 104 cm³/mol. The zero-order valence-electron chi connectivity index (χ0n) is 16.3. The Morgan fingerprint density at radius 2 is 1.96 bits per heavy atom. The number of nitrogens with zero attached hydrogens (tertiary/aromatic N) is 1. The minimum Gasteiger partial charge on any atom is -0.444 e. The second-order valence-corrected chi connectivity index (χ2v) is 7.87. The van der Waals surface area contributed by atoms with Gasteiger partial charge in [0.2, 0.25) is 0 Å². The van der Waals surface area contributed by atoms with Gasteiger partial charge in [0.05, 0.1) is 6.54 Å².